The van der Waals surface area contributed by atoms with Gasteiger partial charge in [0, 0.05) is 17.6 Å². The van der Waals surface area contributed by atoms with Crippen LogP contribution in [0.2, 0.25) is 0 Å². The van der Waals surface area contributed by atoms with E-state index < -0.39 is 6.04 Å². The number of para-hydroxylation sites is 1. The Morgan fingerprint density at radius 3 is 2.56 bits per heavy atom. The van der Waals surface area contributed by atoms with Crippen LogP contribution in [0.15, 0.2) is 18.2 Å². The van der Waals surface area contributed by atoms with Crippen LogP contribution in [0.1, 0.15) is 63.0 Å². The quantitative estimate of drug-likeness (QED) is 0.882. The molecule has 3 aliphatic rings. The highest BCUT2D eigenvalue weighted by molar-refractivity contribution is 5.91. The molecule has 0 bridgehead atoms. The number of carbonyl (C=O) groups is 2. The SMILES string of the molecule is COc1cccc2c1OCC(=O)N(C1CCCC1)C2C(=O)NC1CCCC1. The van der Waals surface area contributed by atoms with E-state index in [2.05, 4.69) is 5.32 Å². The molecule has 0 saturated heterocycles. The Morgan fingerprint density at radius 2 is 1.85 bits per heavy atom. The highest BCUT2D eigenvalue weighted by Crippen LogP contribution is 2.42. The van der Waals surface area contributed by atoms with Crippen LogP contribution in [0.4, 0.5) is 0 Å². The molecule has 1 aromatic carbocycles. The Balaban J connectivity index is 1.74. The highest BCUT2D eigenvalue weighted by atomic mass is 16.5. The minimum Gasteiger partial charge on any atom is -0.493 e. The fourth-order valence-corrected chi connectivity index (χ4v) is 4.78. The third-order valence-electron chi connectivity index (χ3n) is 6.10. The van der Waals surface area contributed by atoms with Gasteiger partial charge in [-0.1, -0.05) is 37.8 Å². The molecule has 27 heavy (non-hydrogen) atoms. The smallest absolute Gasteiger partial charge is 0.261 e. The number of methoxy groups -OCH3 is 1. The van der Waals surface area contributed by atoms with E-state index in [-0.39, 0.29) is 30.5 Å². The third-order valence-corrected chi connectivity index (χ3v) is 6.10. The first-order valence-corrected chi connectivity index (χ1v) is 10.1. The van der Waals surface area contributed by atoms with Gasteiger partial charge in [-0.3, -0.25) is 9.59 Å². The summed E-state index contributed by atoms with van der Waals surface area (Å²) in [6.45, 7) is -0.0585. The maximum absolute atomic E-state index is 13.4. The zero-order valence-electron chi connectivity index (χ0n) is 15.9. The van der Waals surface area contributed by atoms with Gasteiger partial charge in [0.2, 0.25) is 5.91 Å². The summed E-state index contributed by atoms with van der Waals surface area (Å²) in [4.78, 5) is 28.2. The zero-order chi connectivity index (χ0) is 18.8. The van der Waals surface area contributed by atoms with Crippen molar-refractivity contribution in [3.05, 3.63) is 23.8 Å². The first-order chi connectivity index (χ1) is 13.2. The lowest BCUT2D eigenvalue weighted by Gasteiger charge is -2.35. The van der Waals surface area contributed by atoms with Gasteiger partial charge in [-0.15, -0.1) is 0 Å². The van der Waals surface area contributed by atoms with Gasteiger partial charge in [0.15, 0.2) is 18.1 Å². The summed E-state index contributed by atoms with van der Waals surface area (Å²) in [5, 5.41) is 3.20. The predicted molar refractivity (Wildman–Crippen MR) is 101 cm³/mol. The maximum Gasteiger partial charge on any atom is 0.261 e. The topological polar surface area (TPSA) is 67.9 Å². The standard InChI is InChI=1S/C21H28N2O4/c1-26-17-12-6-11-16-19(21(25)22-14-7-2-3-8-14)23(15-9-4-5-10-15)18(24)13-27-20(16)17/h6,11-12,14-15,19H,2-5,7-10,13H2,1H3,(H,22,25). The van der Waals surface area contributed by atoms with Crippen molar-refractivity contribution in [3.63, 3.8) is 0 Å². The van der Waals surface area contributed by atoms with Gasteiger partial charge >= 0.3 is 0 Å². The Kier molecular flexibility index (Phi) is 5.23. The highest BCUT2D eigenvalue weighted by Gasteiger charge is 2.42. The number of fused-ring (bicyclic) bond motifs is 1. The summed E-state index contributed by atoms with van der Waals surface area (Å²) in [6, 6.07) is 5.19. The lowest BCUT2D eigenvalue weighted by atomic mass is 9.99. The van der Waals surface area contributed by atoms with Crippen molar-refractivity contribution in [3.8, 4) is 11.5 Å². The fraction of sp³-hybridized carbons (Fsp3) is 0.619. The number of benzene rings is 1. The second kappa shape index (κ2) is 7.79. The molecule has 6 nitrogen and oxygen atoms in total. The van der Waals surface area contributed by atoms with Gasteiger partial charge in [0.05, 0.1) is 7.11 Å². The molecule has 1 unspecified atom stereocenters. The van der Waals surface area contributed by atoms with Gasteiger partial charge in [-0.05, 0) is 31.7 Å². The molecule has 146 valence electrons. The van der Waals surface area contributed by atoms with Crippen LogP contribution in [0.3, 0.4) is 0 Å². The van der Waals surface area contributed by atoms with Crippen molar-refractivity contribution in [2.75, 3.05) is 13.7 Å². The van der Waals surface area contributed by atoms with Gasteiger partial charge in [0.25, 0.3) is 5.91 Å². The molecule has 1 N–H and O–H groups in total. The normalized spacial score (nSPS) is 23.7. The summed E-state index contributed by atoms with van der Waals surface area (Å²) in [5.41, 5.74) is 0.725. The molecule has 1 aromatic rings. The van der Waals surface area contributed by atoms with Crippen molar-refractivity contribution < 1.29 is 19.1 Å². The van der Waals surface area contributed by atoms with E-state index in [9.17, 15) is 9.59 Å². The molecule has 6 heteroatoms. The second-order valence-electron chi connectivity index (χ2n) is 7.80. The minimum atomic E-state index is -0.659. The summed E-state index contributed by atoms with van der Waals surface area (Å²) in [7, 11) is 1.58. The number of nitrogens with zero attached hydrogens (tertiary/aromatic N) is 1. The van der Waals surface area contributed by atoms with Crippen LogP contribution in [-0.4, -0.2) is 42.5 Å². The van der Waals surface area contributed by atoms with Crippen LogP contribution in [0.5, 0.6) is 11.5 Å². The van der Waals surface area contributed by atoms with Gasteiger partial charge in [-0.25, -0.2) is 0 Å². The van der Waals surface area contributed by atoms with Crippen LogP contribution >= 0.6 is 0 Å². The maximum atomic E-state index is 13.4. The molecule has 1 heterocycles. The van der Waals surface area contributed by atoms with Crippen LogP contribution < -0.4 is 14.8 Å². The van der Waals surface area contributed by atoms with Gasteiger partial charge in [0.1, 0.15) is 6.04 Å². The predicted octanol–water partition coefficient (Wildman–Crippen LogP) is 2.96. The largest absolute Gasteiger partial charge is 0.493 e. The summed E-state index contributed by atoms with van der Waals surface area (Å²) >= 11 is 0. The van der Waals surface area contributed by atoms with Crippen LogP contribution in [0.25, 0.3) is 0 Å². The van der Waals surface area contributed by atoms with Crippen molar-refractivity contribution in [2.45, 2.75) is 69.5 Å². The number of hydrogen-bond donors (Lipinski definition) is 1. The van der Waals surface area contributed by atoms with E-state index in [1.807, 2.05) is 12.1 Å². The monoisotopic (exact) mass is 372 g/mol. The summed E-state index contributed by atoms with van der Waals surface area (Å²) in [5.74, 6) is 0.863. The molecule has 2 aliphatic carbocycles. The van der Waals surface area contributed by atoms with E-state index in [1.165, 1.54) is 0 Å². The first kappa shape index (κ1) is 18.1. The lowest BCUT2D eigenvalue weighted by Crippen LogP contribution is -2.49. The Labute approximate surface area is 160 Å². The van der Waals surface area contributed by atoms with E-state index in [4.69, 9.17) is 9.47 Å². The molecule has 0 radical (unpaired) electrons. The van der Waals surface area contributed by atoms with Gasteiger partial charge < -0.3 is 19.7 Å². The van der Waals surface area contributed by atoms with E-state index in [1.54, 1.807) is 18.1 Å². The number of carbonyl (C=O) groups excluding carboxylic acids is 2. The third kappa shape index (κ3) is 3.49. The molecular weight excluding hydrogens is 344 g/mol. The lowest BCUT2D eigenvalue weighted by molar-refractivity contribution is -0.144. The molecular formula is C21H28N2O4. The Hall–Kier alpha value is -2.24. The molecule has 1 atom stereocenters. The fourth-order valence-electron chi connectivity index (χ4n) is 4.78. The summed E-state index contributed by atoms with van der Waals surface area (Å²) in [6.07, 6.45) is 8.39. The van der Waals surface area contributed by atoms with Crippen LogP contribution in [0, 0.1) is 0 Å². The Morgan fingerprint density at radius 1 is 1.15 bits per heavy atom. The van der Waals surface area contributed by atoms with E-state index in [0.717, 1.165) is 56.9 Å². The van der Waals surface area contributed by atoms with Crippen molar-refractivity contribution >= 4 is 11.8 Å². The number of ether oxygens (including phenoxy) is 2. The van der Waals surface area contributed by atoms with Crippen LogP contribution in [-0.2, 0) is 9.59 Å². The van der Waals surface area contributed by atoms with Crippen molar-refractivity contribution in [2.24, 2.45) is 0 Å². The Bertz CT molecular complexity index is 708. The average molecular weight is 372 g/mol. The molecule has 4 rings (SSSR count). The molecule has 1 aliphatic heterocycles. The number of rotatable bonds is 4. The van der Waals surface area contributed by atoms with Crippen molar-refractivity contribution in [1.82, 2.24) is 10.2 Å². The van der Waals surface area contributed by atoms with E-state index >= 15 is 0 Å². The zero-order valence-corrected chi connectivity index (χ0v) is 15.9. The van der Waals surface area contributed by atoms with Crippen molar-refractivity contribution in [1.29, 1.82) is 0 Å². The minimum absolute atomic E-state index is 0.0585. The first-order valence-electron chi connectivity index (χ1n) is 10.1. The molecule has 0 aromatic heterocycles. The van der Waals surface area contributed by atoms with E-state index in [0.29, 0.717) is 11.5 Å². The number of hydrogen-bond acceptors (Lipinski definition) is 4. The number of nitrogens with one attached hydrogen (secondary N) is 1. The molecule has 2 amide bonds. The molecule has 2 fully saturated rings. The van der Waals surface area contributed by atoms with Gasteiger partial charge in [-0.2, -0.15) is 0 Å². The average Bonchev–Trinajstić information content (AvgIpc) is 3.35. The number of amides is 2. The molecule has 2 saturated carbocycles. The second-order valence-corrected chi connectivity index (χ2v) is 7.80. The summed E-state index contributed by atoms with van der Waals surface area (Å²) < 4.78 is 11.3. The molecule has 0 spiro atoms.